The Morgan fingerprint density at radius 1 is 1.17 bits per heavy atom. The zero-order valence-corrected chi connectivity index (χ0v) is 21.2. The predicted molar refractivity (Wildman–Crippen MR) is 130 cm³/mol. The maximum atomic E-state index is 14.0. The van der Waals surface area contributed by atoms with E-state index in [1.54, 1.807) is 0 Å². The van der Waals surface area contributed by atoms with Gasteiger partial charge in [-0.2, -0.15) is 13.2 Å². The summed E-state index contributed by atoms with van der Waals surface area (Å²) >= 11 is 6.00. The van der Waals surface area contributed by atoms with Crippen molar-refractivity contribution in [3.8, 4) is 0 Å². The number of halogens is 4. The summed E-state index contributed by atoms with van der Waals surface area (Å²) in [7, 11) is -3.61. The van der Waals surface area contributed by atoms with Gasteiger partial charge in [-0.15, -0.1) is 0 Å². The van der Waals surface area contributed by atoms with Gasteiger partial charge >= 0.3 is 6.18 Å². The number of likely N-dealkylation sites (tertiary alicyclic amines) is 1. The second kappa shape index (κ2) is 10.8. The molecule has 1 aliphatic rings. The van der Waals surface area contributed by atoms with Gasteiger partial charge in [-0.3, -0.25) is 9.69 Å². The van der Waals surface area contributed by atoms with Crippen LogP contribution in [0.1, 0.15) is 58.8 Å². The van der Waals surface area contributed by atoms with Gasteiger partial charge in [-0.1, -0.05) is 24.9 Å². The van der Waals surface area contributed by atoms with Crippen LogP contribution in [0.4, 0.5) is 18.9 Å². The Hall–Kier alpha value is -2.30. The van der Waals surface area contributed by atoms with E-state index in [9.17, 15) is 26.4 Å². The van der Waals surface area contributed by atoms with Crippen molar-refractivity contribution in [3.63, 3.8) is 0 Å². The minimum Gasteiger partial charge on any atom is -0.398 e. The summed E-state index contributed by atoms with van der Waals surface area (Å²) in [6, 6.07) is 4.96. The number of nitrogens with zero attached hydrogens (tertiary/aromatic N) is 1. The number of nitrogens with one attached hydrogen (secondary N) is 1. The molecule has 0 aromatic heterocycles. The molecule has 3 N–H and O–H groups in total. The van der Waals surface area contributed by atoms with Crippen molar-refractivity contribution in [2.24, 2.45) is 0 Å². The van der Waals surface area contributed by atoms with Crippen LogP contribution in [0.25, 0.3) is 0 Å². The molecule has 192 valence electrons. The van der Waals surface area contributed by atoms with Crippen molar-refractivity contribution in [1.82, 2.24) is 10.2 Å². The molecule has 1 saturated heterocycles. The number of carbonyl (C=O) groups excluding carboxylic acids is 1. The molecule has 1 aliphatic heterocycles. The predicted octanol–water partition coefficient (Wildman–Crippen LogP) is 4.96. The number of nitrogen functional groups attached to an aromatic ring is 1. The van der Waals surface area contributed by atoms with Gasteiger partial charge < -0.3 is 11.1 Å². The van der Waals surface area contributed by atoms with Crippen molar-refractivity contribution in [2.45, 2.75) is 57.3 Å². The van der Waals surface area contributed by atoms with E-state index in [1.807, 2.05) is 4.90 Å². The van der Waals surface area contributed by atoms with Gasteiger partial charge in [0, 0.05) is 23.8 Å². The van der Waals surface area contributed by atoms with Gasteiger partial charge in [0.15, 0.2) is 9.84 Å². The molecule has 11 heteroatoms. The summed E-state index contributed by atoms with van der Waals surface area (Å²) in [5, 5.41) is 2.77. The molecule has 0 aliphatic carbocycles. The molecule has 0 atom stereocenters. The van der Waals surface area contributed by atoms with E-state index in [0.717, 1.165) is 25.3 Å². The highest BCUT2D eigenvalue weighted by Crippen LogP contribution is 2.38. The molecular formula is C24H29ClF3N3O3S. The number of piperidine rings is 1. The SMILES string of the molecule is CCS(=O)(=O)c1ccc(Cl)cc1CNC(=O)c1cc(C(F)(F)F)c(CN2CCCCC2)c(C)c1N. The monoisotopic (exact) mass is 531 g/mol. The maximum Gasteiger partial charge on any atom is 0.416 e. The molecule has 1 fully saturated rings. The van der Waals surface area contributed by atoms with Gasteiger partial charge in [0.05, 0.1) is 21.8 Å². The van der Waals surface area contributed by atoms with Crippen LogP contribution >= 0.6 is 11.6 Å². The number of amides is 1. The lowest BCUT2D eigenvalue weighted by Gasteiger charge is -2.29. The van der Waals surface area contributed by atoms with E-state index in [1.165, 1.54) is 32.0 Å². The van der Waals surface area contributed by atoms with Crippen LogP contribution < -0.4 is 11.1 Å². The van der Waals surface area contributed by atoms with Gasteiger partial charge in [-0.05, 0) is 73.8 Å². The molecule has 35 heavy (non-hydrogen) atoms. The molecule has 0 radical (unpaired) electrons. The summed E-state index contributed by atoms with van der Waals surface area (Å²) in [4.78, 5) is 14.9. The first-order valence-electron chi connectivity index (χ1n) is 11.4. The molecule has 0 bridgehead atoms. The van der Waals surface area contributed by atoms with Crippen molar-refractivity contribution >= 4 is 33.0 Å². The molecular weight excluding hydrogens is 503 g/mol. The molecule has 2 aromatic rings. The fourth-order valence-corrected chi connectivity index (χ4v) is 5.59. The minimum absolute atomic E-state index is 0.00159. The lowest BCUT2D eigenvalue weighted by molar-refractivity contribution is -0.138. The zero-order valence-electron chi connectivity index (χ0n) is 19.6. The van der Waals surface area contributed by atoms with Crippen LogP contribution in [0.2, 0.25) is 5.02 Å². The highest BCUT2D eigenvalue weighted by atomic mass is 35.5. The Bertz CT molecular complexity index is 1210. The fourth-order valence-electron chi connectivity index (χ4n) is 4.28. The normalized spacial score (nSPS) is 15.3. The number of hydrogen-bond donors (Lipinski definition) is 2. The standard InChI is InChI=1S/C24H29ClF3N3O3S/c1-3-35(33,34)21-8-7-17(25)11-16(21)13-30-23(32)18-12-20(24(26,27)28)19(15(2)22(18)29)14-31-9-5-4-6-10-31/h7-8,11-12H,3-6,9-10,13-14,29H2,1-2H3,(H,30,32). The van der Waals surface area contributed by atoms with Crippen molar-refractivity contribution in [1.29, 1.82) is 0 Å². The van der Waals surface area contributed by atoms with Gasteiger partial charge in [0.25, 0.3) is 5.91 Å². The number of benzene rings is 2. The van der Waals surface area contributed by atoms with Gasteiger partial charge in [0.2, 0.25) is 0 Å². The second-order valence-corrected chi connectivity index (χ2v) is 11.3. The Morgan fingerprint density at radius 3 is 2.43 bits per heavy atom. The number of anilines is 1. The van der Waals surface area contributed by atoms with Crippen LogP contribution in [0.15, 0.2) is 29.2 Å². The van der Waals surface area contributed by atoms with Gasteiger partial charge in [0.1, 0.15) is 0 Å². The molecule has 1 heterocycles. The summed E-state index contributed by atoms with van der Waals surface area (Å²) in [6.45, 7) is 4.25. The highest BCUT2D eigenvalue weighted by Gasteiger charge is 2.36. The Labute approximate surface area is 208 Å². The van der Waals surface area contributed by atoms with Crippen LogP contribution in [-0.2, 0) is 29.1 Å². The summed E-state index contributed by atoms with van der Waals surface area (Å²) in [6.07, 6.45) is -1.77. The van der Waals surface area contributed by atoms with E-state index in [0.29, 0.717) is 13.1 Å². The quantitative estimate of drug-likeness (QED) is 0.493. The topological polar surface area (TPSA) is 92.5 Å². The van der Waals surface area contributed by atoms with E-state index in [2.05, 4.69) is 5.32 Å². The minimum atomic E-state index is -4.67. The molecule has 0 unspecified atom stereocenters. The van der Waals surface area contributed by atoms with Crippen LogP contribution in [0.3, 0.4) is 0 Å². The molecule has 0 spiro atoms. The molecule has 1 amide bonds. The van der Waals surface area contributed by atoms with Crippen molar-refractivity contribution in [3.05, 3.63) is 57.1 Å². The Balaban J connectivity index is 1.93. The summed E-state index contributed by atoms with van der Waals surface area (Å²) < 4.78 is 66.8. The third-order valence-electron chi connectivity index (χ3n) is 6.32. The summed E-state index contributed by atoms with van der Waals surface area (Å²) in [5.41, 5.74) is 5.44. The third kappa shape index (κ3) is 6.29. The van der Waals surface area contributed by atoms with E-state index in [4.69, 9.17) is 17.3 Å². The number of carbonyl (C=O) groups is 1. The molecule has 6 nitrogen and oxygen atoms in total. The first-order valence-corrected chi connectivity index (χ1v) is 13.4. The highest BCUT2D eigenvalue weighted by molar-refractivity contribution is 7.91. The number of sulfone groups is 1. The van der Waals surface area contributed by atoms with Crippen LogP contribution in [-0.4, -0.2) is 38.1 Å². The first-order chi connectivity index (χ1) is 16.3. The first kappa shape index (κ1) is 27.3. The average Bonchev–Trinajstić information content (AvgIpc) is 2.80. The molecule has 0 saturated carbocycles. The van der Waals surface area contributed by atoms with Crippen molar-refractivity contribution in [2.75, 3.05) is 24.6 Å². The fraction of sp³-hybridized carbons (Fsp3) is 0.458. The second-order valence-electron chi connectivity index (χ2n) is 8.66. The van der Waals surface area contributed by atoms with Gasteiger partial charge in [-0.25, -0.2) is 8.42 Å². The number of nitrogens with two attached hydrogens (primary N) is 1. The lowest BCUT2D eigenvalue weighted by Crippen LogP contribution is -2.31. The third-order valence-corrected chi connectivity index (χ3v) is 8.38. The lowest BCUT2D eigenvalue weighted by atomic mass is 9.94. The maximum absolute atomic E-state index is 14.0. The number of alkyl halides is 3. The van der Waals surface area contributed by atoms with Crippen molar-refractivity contribution < 1.29 is 26.4 Å². The molecule has 3 rings (SSSR count). The number of rotatable bonds is 7. The Kier molecular flexibility index (Phi) is 8.39. The van der Waals surface area contributed by atoms with Crippen LogP contribution in [0, 0.1) is 6.92 Å². The smallest absolute Gasteiger partial charge is 0.398 e. The molecule has 2 aromatic carbocycles. The summed E-state index contributed by atoms with van der Waals surface area (Å²) in [5.74, 6) is -0.991. The van der Waals surface area contributed by atoms with E-state index >= 15 is 0 Å². The zero-order chi connectivity index (χ0) is 26.0. The van der Waals surface area contributed by atoms with E-state index in [-0.39, 0.29) is 56.7 Å². The Morgan fingerprint density at radius 2 is 1.83 bits per heavy atom. The van der Waals surface area contributed by atoms with Crippen LogP contribution in [0.5, 0.6) is 0 Å². The van der Waals surface area contributed by atoms with E-state index < -0.39 is 27.5 Å². The average molecular weight is 532 g/mol. The number of hydrogen-bond acceptors (Lipinski definition) is 5. The largest absolute Gasteiger partial charge is 0.416 e.